The van der Waals surface area contributed by atoms with Gasteiger partial charge in [0.2, 0.25) is 0 Å². The molecule has 0 fully saturated rings. The van der Waals surface area contributed by atoms with Crippen LogP contribution in [0.3, 0.4) is 0 Å². The Balaban J connectivity index is 1.78. The number of aryl methyl sites for hydroxylation is 1. The molecule has 3 aromatic rings. The van der Waals surface area contributed by atoms with Crippen molar-refractivity contribution in [1.29, 1.82) is 0 Å². The van der Waals surface area contributed by atoms with Crippen LogP contribution in [0.2, 0.25) is 10.0 Å². The zero-order chi connectivity index (χ0) is 20.3. The van der Waals surface area contributed by atoms with Crippen LogP contribution in [0.4, 0.5) is 5.69 Å². The third kappa shape index (κ3) is 4.26. The lowest BCUT2D eigenvalue weighted by Gasteiger charge is -2.13. The lowest BCUT2D eigenvalue weighted by molar-refractivity contribution is -0.119. The number of para-hydroxylation sites is 1. The SMILES string of the molecule is CCc1nc2ccccc2c(C(=O)OCC(=O)Nc2ccc(Cl)cc2Cl)c1C. The molecular weight excluding hydrogens is 399 g/mol. The molecule has 7 heteroatoms. The number of nitrogens with zero attached hydrogens (tertiary/aromatic N) is 1. The van der Waals surface area contributed by atoms with E-state index in [1.807, 2.05) is 38.1 Å². The maximum absolute atomic E-state index is 12.7. The Bertz CT molecular complexity index is 1070. The zero-order valence-electron chi connectivity index (χ0n) is 15.4. The number of aromatic nitrogens is 1. The minimum atomic E-state index is -0.567. The molecule has 3 rings (SSSR count). The van der Waals surface area contributed by atoms with Crippen LogP contribution in [0.15, 0.2) is 42.5 Å². The van der Waals surface area contributed by atoms with E-state index >= 15 is 0 Å². The lowest BCUT2D eigenvalue weighted by atomic mass is 10.0. The van der Waals surface area contributed by atoms with E-state index in [2.05, 4.69) is 10.3 Å². The van der Waals surface area contributed by atoms with Gasteiger partial charge in [0.25, 0.3) is 5.91 Å². The molecule has 2 aromatic carbocycles. The third-order valence-corrected chi connectivity index (χ3v) is 4.86. The molecule has 1 heterocycles. The van der Waals surface area contributed by atoms with Gasteiger partial charge in [-0.2, -0.15) is 0 Å². The summed E-state index contributed by atoms with van der Waals surface area (Å²) in [6.07, 6.45) is 0.687. The number of carbonyl (C=O) groups excluding carboxylic acids is 2. The monoisotopic (exact) mass is 416 g/mol. The predicted octanol–water partition coefficient (Wildman–Crippen LogP) is 5.21. The van der Waals surface area contributed by atoms with Crippen molar-refractivity contribution in [3.63, 3.8) is 0 Å². The zero-order valence-corrected chi connectivity index (χ0v) is 16.9. The van der Waals surface area contributed by atoms with Gasteiger partial charge in [-0.05, 0) is 43.2 Å². The average Bonchev–Trinajstić information content (AvgIpc) is 2.68. The molecule has 0 bridgehead atoms. The Kier molecular flexibility index (Phi) is 6.17. The number of pyridine rings is 1. The van der Waals surface area contributed by atoms with Crippen molar-refractivity contribution < 1.29 is 14.3 Å². The molecule has 0 spiro atoms. The van der Waals surface area contributed by atoms with Gasteiger partial charge >= 0.3 is 5.97 Å². The number of benzene rings is 2. The first-order chi connectivity index (χ1) is 13.4. The van der Waals surface area contributed by atoms with Gasteiger partial charge in [-0.15, -0.1) is 0 Å². The van der Waals surface area contributed by atoms with Gasteiger partial charge in [-0.25, -0.2) is 4.79 Å². The van der Waals surface area contributed by atoms with Crippen molar-refractivity contribution in [2.45, 2.75) is 20.3 Å². The second kappa shape index (κ2) is 8.59. The minimum absolute atomic E-state index is 0.302. The van der Waals surface area contributed by atoms with E-state index in [1.165, 1.54) is 6.07 Å². The van der Waals surface area contributed by atoms with E-state index in [0.717, 1.165) is 11.3 Å². The molecule has 0 aliphatic heterocycles. The van der Waals surface area contributed by atoms with Crippen molar-refractivity contribution in [2.75, 3.05) is 11.9 Å². The second-order valence-electron chi connectivity index (χ2n) is 6.18. The summed E-state index contributed by atoms with van der Waals surface area (Å²) in [5.74, 6) is -1.06. The Morgan fingerprint density at radius 2 is 1.89 bits per heavy atom. The van der Waals surface area contributed by atoms with Crippen LogP contribution in [0.1, 0.15) is 28.5 Å². The molecule has 28 heavy (non-hydrogen) atoms. The highest BCUT2D eigenvalue weighted by Crippen LogP contribution is 2.26. The summed E-state index contributed by atoms with van der Waals surface area (Å²) in [6, 6.07) is 12.1. The number of nitrogens with one attached hydrogen (secondary N) is 1. The van der Waals surface area contributed by atoms with Crippen LogP contribution in [0.5, 0.6) is 0 Å². The number of hydrogen-bond donors (Lipinski definition) is 1. The standard InChI is InChI=1S/C21H18Cl2N2O3/c1-3-16-12(2)20(14-6-4-5-7-17(14)24-16)21(27)28-11-19(26)25-18-9-8-13(22)10-15(18)23/h4-10H,3,11H2,1-2H3,(H,25,26). The lowest BCUT2D eigenvalue weighted by Crippen LogP contribution is -2.22. The average molecular weight is 417 g/mol. The van der Waals surface area contributed by atoms with Gasteiger partial charge in [0.1, 0.15) is 0 Å². The van der Waals surface area contributed by atoms with Crippen molar-refractivity contribution in [1.82, 2.24) is 4.98 Å². The van der Waals surface area contributed by atoms with Crippen LogP contribution >= 0.6 is 23.2 Å². The number of hydrogen-bond acceptors (Lipinski definition) is 4. The van der Waals surface area contributed by atoms with Gasteiger partial charge in [-0.3, -0.25) is 9.78 Å². The Morgan fingerprint density at radius 3 is 2.61 bits per heavy atom. The fraction of sp³-hybridized carbons (Fsp3) is 0.190. The van der Waals surface area contributed by atoms with Gasteiger partial charge in [0, 0.05) is 16.1 Å². The quantitative estimate of drug-likeness (QED) is 0.579. The van der Waals surface area contributed by atoms with Crippen LogP contribution in [0.25, 0.3) is 10.9 Å². The summed E-state index contributed by atoms with van der Waals surface area (Å²) in [7, 11) is 0. The van der Waals surface area contributed by atoms with Crippen molar-refractivity contribution in [3.8, 4) is 0 Å². The number of esters is 1. The van der Waals surface area contributed by atoms with E-state index in [-0.39, 0.29) is 0 Å². The molecule has 0 saturated carbocycles. The Labute approximate surface area is 172 Å². The van der Waals surface area contributed by atoms with Crippen molar-refractivity contribution >= 4 is 51.7 Å². The summed E-state index contributed by atoms with van der Waals surface area (Å²) in [6.45, 7) is 3.38. The molecule has 0 saturated heterocycles. The number of amides is 1. The summed E-state index contributed by atoms with van der Waals surface area (Å²) >= 11 is 11.9. The largest absolute Gasteiger partial charge is 0.452 e. The molecule has 0 aliphatic rings. The van der Waals surface area contributed by atoms with Crippen LogP contribution in [-0.4, -0.2) is 23.5 Å². The molecule has 0 unspecified atom stereocenters. The van der Waals surface area contributed by atoms with Crippen molar-refractivity contribution in [2.24, 2.45) is 0 Å². The van der Waals surface area contributed by atoms with E-state index < -0.39 is 18.5 Å². The van der Waals surface area contributed by atoms with E-state index in [0.29, 0.717) is 38.6 Å². The summed E-state index contributed by atoms with van der Waals surface area (Å²) < 4.78 is 5.27. The van der Waals surface area contributed by atoms with Gasteiger partial charge in [0.05, 0.1) is 21.8 Å². The number of carbonyl (C=O) groups is 2. The first-order valence-electron chi connectivity index (χ1n) is 8.71. The van der Waals surface area contributed by atoms with Gasteiger partial charge in [-0.1, -0.05) is 48.3 Å². The highest BCUT2D eigenvalue weighted by molar-refractivity contribution is 6.36. The first-order valence-corrected chi connectivity index (χ1v) is 9.46. The van der Waals surface area contributed by atoms with Crippen LogP contribution < -0.4 is 5.32 Å². The second-order valence-corrected chi connectivity index (χ2v) is 7.02. The highest BCUT2D eigenvalue weighted by Gasteiger charge is 2.19. The van der Waals surface area contributed by atoms with E-state index in [4.69, 9.17) is 27.9 Å². The number of rotatable bonds is 5. The minimum Gasteiger partial charge on any atom is -0.452 e. The van der Waals surface area contributed by atoms with E-state index in [1.54, 1.807) is 12.1 Å². The van der Waals surface area contributed by atoms with Crippen LogP contribution in [-0.2, 0) is 16.0 Å². The molecule has 0 radical (unpaired) electrons. The topological polar surface area (TPSA) is 68.3 Å². The number of ether oxygens (including phenoxy) is 1. The molecule has 1 N–H and O–H groups in total. The number of halogens is 2. The van der Waals surface area contributed by atoms with Gasteiger partial charge in [0.15, 0.2) is 6.61 Å². The van der Waals surface area contributed by atoms with Gasteiger partial charge < -0.3 is 10.1 Å². The fourth-order valence-electron chi connectivity index (χ4n) is 2.95. The molecular formula is C21H18Cl2N2O3. The Morgan fingerprint density at radius 1 is 1.14 bits per heavy atom. The van der Waals surface area contributed by atoms with Crippen molar-refractivity contribution in [3.05, 3.63) is 69.3 Å². The maximum atomic E-state index is 12.7. The molecule has 0 atom stereocenters. The Hall–Kier alpha value is -2.63. The molecule has 1 amide bonds. The highest BCUT2D eigenvalue weighted by atomic mass is 35.5. The number of fused-ring (bicyclic) bond motifs is 1. The predicted molar refractivity (Wildman–Crippen MR) is 111 cm³/mol. The summed E-state index contributed by atoms with van der Waals surface area (Å²) in [5.41, 5.74) is 3.12. The smallest absolute Gasteiger partial charge is 0.339 e. The number of anilines is 1. The first kappa shape index (κ1) is 20.1. The third-order valence-electron chi connectivity index (χ3n) is 4.32. The molecule has 5 nitrogen and oxygen atoms in total. The summed E-state index contributed by atoms with van der Waals surface area (Å²) in [5, 5.41) is 4.06. The summed E-state index contributed by atoms with van der Waals surface area (Å²) in [4.78, 5) is 29.5. The maximum Gasteiger partial charge on any atom is 0.339 e. The molecule has 144 valence electrons. The molecule has 0 aliphatic carbocycles. The normalized spacial score (nSPS) is 10.7. The molecule has 1 aromatic heterocycles. The van der Waals surface area contributed by atoms with Crippen LogP contribution in [0, 0.1) is 6.92 Å². The van der Waals surface area contributed by atoms with E-state index in [9.17, 15) is 9.59 Å². The fourth-order valence-corrected chi connectivity index (χ4v) is 3.40.